The average Bonchev–Trinajstić information content (AvgIpc) is 2.28. The highest BCUT2D eigenvalue weighted by Gasteiger charge is 2.28. The average molecular weight is 246 g/mol. The summed E-state index contributed by atoms with van der Waals surface area (Å²) in [6, 6.07) is 7.05. The Bertz CT molecular complexity index is 421. The van der Waals surface area contributed by atoms with E-state index in [-0.39, 0.29) is 11.5 Å². The van der Waals surface area contributed by atoms with Crippen molar-refractivity contribution < 1.29 is 0 Å². The number of rotatable bonds is 3. The Kier molecular flexibility index (Phi) is 3.67. The van der Waals surface area contributed by atoms with Crippen molar-refractivity contribution in [2.45, 2.75) is 46.6 Å². The van der Waals surface area contributed by atoms with Crippen LogP contribution in [-0.4, -0.2) is 19.1 Å². The van der Waals surface area contributed by atoms with Crippen LogP contribution in [0.15, 0.2) is 18.2 Å². The lowest BCUT2D eigenvalue weighted by Gasteiger charge is -2.39. The van der Waals surface area contributed by atoms with Crippen LogP contribution >= 0.6 is 0 Å². The molecule has 0 saturated carbocycles. The first-order chi connectivity index (χ1) is 8.40. The number of nitrogens with zero attached hydrogens (tertiary/aromatic N) is 1. The minimum absolute atomic E-state index is 0.152. The number of nitrogens with two attached hydrogens (primary N) is 1. The van der Waals surface area contributed by atoms with Crippen LogP contribution in [0.5, 0.6) is 0 Å². The fourth-order valence-corrected chi connectivity index (χ4v) is 2.60. The van der Waals surface area contributed by atoms with Crippen molar-refractivity contribution in [1.29, 1.82) is 0 Å². The highest BCUT2D eigenvalue weighted by atomic mass is 15.1. The van der Waals surface area contributed by atoms with Crippen LogP contribution in [0, 0.1) is 12.3 Å². The summed E-state index contributed by atoms with van der Waals surface area (Å²) >= 11 is 0. The largest absolute Gasteiger partial charge is 0.371 e. The van der Waals surface area contributed by atoms with Crippen molar-refractivity contribution in [3.63, 3.8) is 0 Å². The molecule has 100 valence electrons. The molecule has 1 aliphatic heterocycles. The molecule has 1 unspecified atom stereocenters. The van der Waals surface area contributed by atoms with Gasteiger partial charge in [0.05, 0.1) is 0 Å². The Morgan fingerprint density at radius 1 is 1.39 bits per heavy atom. The second-order valence-corrected chi connectivity index (χ2v) is 6.43. The summed E-state index contributed by atoms with van der Waals surface area (Å²) in [4.78, 5) is 2.52. The summed E-state index contributed by atoms with van der Waals surface area (Å²) < 4.78 is 0. The highest BCUT2D eigenvalue weighted by molar-refractivity contribution is 5.56. The number of anilines is 1. The maximum Gasteiger partial charge on any atom is 0.0399 e. The molecule has 0 bridgehead atoms. The van der Waals surface area contributed by atoms with Gasteiger partial charge in [0.25, 0.3) is 0 Å². The van der Waals surface area contributed by atoms with Gasteiger partial charge in [-0.15, -0.1) is 0 Å². The van der Waals surface area contributed by atoms with Crippen molar-refractivity contribution in [2.75, 3.05) is 18.0 Å². The van der Waals surface area contributed by atoms with Crippen LogP contribution in [0.1, 0.15) is 38.3 Å². The van der Waals surface area contributed by atoms with Gasteiger partial charge in [-0.2, -0.15) is 0 Å². The van der Waals surface area contributed by atoms with Gasteiger partial charge in [0.1, 0.15) is 0 Å². The Morgan fingerprint density at radius 3 is 2.78 bits per heavy atom. The van der Waals surface area contributed by atoms with E-state index in [9.17, 15) is 0 Å². The minimum atomic E-state index is 0.152. The Balaban J connectivity index is 2.23. The zero-order valence-corrected chi connectivity index (χ0v) is 12.2. The summed E-state index contributed by atoms with van der Waals surface area (Å²) in [6.07, 6.45) is 2.47. The molecule has 1 atom stereocenters. The first-order valence-corrected chi connectivity index (χ1v) is 7.00. The summed E-state index contributed by atoms with van der Waals surface area (Å²) in [5.41, 5.74) is 10.5. The van der Waals surface area contributed by atoms with Gasteiger partial charge in [0.2, 0.25) is 0 Å². The number of benzene rings is 1. The predicted molar refractivity (Wildman–Crippen MR) is 79.1 cm³/mol. The van der Waals surface area contributed by atoms with E-state index in [1.807, 2.05) is 0 Å². The van der Waals surface area contributed by atoms with E-state index in [2.05, 4.69) is 50.8 Å². The molecule has 2 N–H and O–H groups in total. The molecule has 0 saturated heterocycles. The molecule has 0 spiro atoms. The third kappa shape index (κ3) is 2.69. The summed E-state index contributed by atoms with van der Waals surface area (Å²) in [5, 5.41) is 0. The van der Waals surface area contributed by atoms with E-state index < -0.39 is 0 Å². The standard InChI is InChI=1S/C16H26N2/c1-12-7-8-15-14(10-12)6-5-9-18(15)11-16(3,4)13(2)17/h7-8,10,13H,5-6,9,11,17H2,1-4H3. The van der Waals surface area contributed by atoms with Crippen LogP contribution in [-0.2, 0) is 6.42 Å². The van der Waals surface area contributed by atoms with E-state index in [1.54, 1.807) is 0 Å². The molecule has 1 heterocycles. The van der Waals surface area contributed by atoms with Gasteiger partial charge in [-0.05, 0) is 43.7 Å². The second-order valence-electron chi connectivity index (χ2n) is 6.43. The predicted octanol–water partition coefficient (Wildman–Crippen LogP) is 3.12. The van der Waals surface area contributed by atoms with Crippen molar-refractivity contribution in [1.82, 2.24) is 0 Å². The molecule has 0 aliphatic carbocycles. The number of aryl methyl sites for hydroxylation is 2. The van der Waals surface area contributed by atoms with Crippen LogP contribution in [0.4, 0.5) is 5.69 Å². The maximum atomic E-state index is 6.10. The van der Waals surface area contributed by atoms with Crippen molar-refractivity contribution in [2.24, 2.45) is 11.1 Å². The first kappa shape index (κ1) is 13.4. The molecule has 2 rings (SSSR count). The van der Waals surface area contributed by atoms with Crippen molar-refractivity contribution >= 4 is 5.69 Å². The third-order valence-corrected chi connectivity index (χ3v) is 4.28. The Morgan fingerprint density at radius 2 is 2.11 bits per heavy atom. The van der Waals surface area contributed by atoms with Crippen molar-refractivity contribution in [3.8, 4) is 0 Å². The van der Waals surface area contributed by atoms with Crippen LogP contribution in [0.25, 0.3) is 0 Å². The molecule has 1 aromatic rings. The molecule has 2 heteroatoms. The zero-order valence-electron chi connectivity index (χ0n) is 12.2. The lowest BCUT2D eigenvalue weighted by atomic mass is 9.84. The summed E-state index contributed by atoms with van der Waals surface area (Å²) in [5.74, 6) is 0. The van der Waals surface area contributed by atoms with Gasteiger partial charge in [-0.3, -0.25) is 0 Å². The molecule has 1 aromatic carbocycles. The molecular weight excluding hydrogens is 220 g/mol. The van der Waals surface area contributed by atoms with Gasteiger partial charge in [-0.25, -0.2) is 0 Å². The van der Waals surface area contributed by atoms with Gasteiger partial charge >= 0.3 is 0 Å². The number of hydrogen-bond donors (Lipinski definition) is 1. The molecule has 18 heavy (non-hydrogen) atoms. The maximum absolute atomic E-state index is 6.10. The van der Waals surface area contributed by atoms with Crippen LogP contribution < -0.4 is 10.6 Å². The molecule has 0 radical (unpaired) electrons. The third-order valence-electron chi connectivity index (χ3n) is 4.28. The lowest BCUT2D eigenvalue weighted by molar-refractivity contribution is 0.302. The van der Waals surface area contributed by atoms with Gasteiger partial charge in [0, 0.05) is 24.8 Å². The Labute approximate surface area is 111 Å². The highest BCUT2D eigenvalue weighted by Crippen LogP contribution is 2.31. The zero-order chi connectivity index (χ0) is 13.3. The minimum Gasteiger partial charge on any atom is -0.371 e. The Hall–Kier alpha value is -1.02. The van der Waals surface area contributed by atoms with Crippen LogP contribution in [0.3, 0.4) is 0 Å². The van der Waals surface area contributed by atoms with Crippen LogP contribution in [0.2, 0.25) is 0 Å². The fraction of sp³-hybridized carbons (Fsp3) is 0.625. The van der Waals surface area contributed by atoms with E-state index in [0.29, 0.717) is 0 Å². The van der Waals surface area contributed by atoms with Gasteiger partial charge in [-0.1, -0.05) is 31.5 Å². The monoisotopic (exact) mass is 246 g/mol. The molecule has 0 amide bonds. The topological polar surface area (TPSA) is 29.3 Å². The SMILES string of the molecule is Cc1ccc2c(c1)CCCN2CC(C)(C)C(C)N. The molecule has 0 aromatic heterocycles. The molecule has 1 aliphatic rings. The van der Waals surface area contributed by atoms with Gasteiger partial charge in [0.15, 0.2) is 0 Å². The fourth-order valence-electron chi connectivity index (χ4n) is 2.60. The number of fused-ring (bicyclic) bond motifs is 1. The summed E-state index contributed by atoms with van der Waals surface area (Å²) in [6.45, 7) is 11.0. The molecule has 2 nitrogen and oxygen atoms in total. The van der Waals surface area contributed by atoms with E-state index >= 15 is 0 Å². The first-order valence-electron chi connectivity index (χ1n) is 7.00. The number of hydrogen-bond acceptors (Lipinski definition) is 2. The quantitative estimate of drug-likeness (QED) is 0.888. The van der Waals surface area contributed by atoms with E-state index in [4.69, 9.17) is 5.73 Å². The second kappa shape index (κ2) is 4.93. The van der Waals surface area contributed by atoms with E-state index in [1.165, 1.54) is 29.7 Å². The van der Waals surface area contributed by atoms with E-state index in [0.717, 1.165) is 13.1 Å². The normalized spacial score (nSPS) is 17.5. The summed E-state index contributed by atoms with van der Waals surface area (Å²) in [7, 11) is 0. The molecular formula is C16H26N2. The molecule has 0 fully saturated rings. The van der Waals surface area contributed by atoms with Gasteiger partial charge < -0.3 is 10.6 Å². The smallest absolute Gasteiger partial charge is 0.0399 e. The lowest BCUT2D eigenvalue weighted by Crippen LogP contribution is -2.45. The van der Waals surface area contributed by atoms with Crippen molar-refractivity contribution in [3.05, 3.63) is 29.3 Å².